The average Bonchev–Trinajstić information content (AvgIpc) is 2.51. The maximum Gasteiger partial charge on any atom is 0.306 e. The highest BCUT2D eigenvalue weighted by Gasteiger charge is 2.13. The molecule has 0 fully saturated rings. The molecule has 0 radical (unpaired) electrons. The van der Waals surface area contributed by atoms with Crippen LogP contribution in [-0.4, -0.2) is 25.2 Å². The van der Waals surface area contributed by atoms with Gasteiger partial charge in [-0.05, 0) is 24.7 Å². The molecule has 0 amide bonds. The standard InChI is InChI=1S/C18H34O4/c1-5-8-10-16(7-3)14-22-18(20)12-11-17(19)21-13-15(4)9-6-2/h15-16H,5-14H2,1-4H3. The summed E-state index contributed by atoms with van der Waals surface area (Å²) in [6, 6.07) is 0. The predicted molar refractivity (Wildman–Crippen MR) is 88.5 cm³/mol. The van der Waals surface area contributed by atoms with Gasteiger partial charge < -0.3 is 9.47 Å². The fraction of sp³-hybridized carbons (Fsp3) is 0.889. The van der Waals surface area contributed by atoms with E-state index in [2.05, 4.69) is 27.7 Å². The smallest absolute Gasteiger partial charge is 0.306 e. The number of hydrogen-bond donors (Lipinski definition) is 0. The summed E-state index contributed by atoms with van der Waals surface area (Å²) in [6.07, 6.45) is 6.80. The van der Waals surface area contributed by atoms with Gasteiger partial charge in [0.25, 0.3) is 0 Å². The number of carbonyl (C=O) groups excluding carboxylic acids is 2. The molecule has 0 spiro atoms. The van der Waals surface area contributed by atoms with Crippen LogP contribution in [-0.2, 0) is 19.1 Å². The van der Waals surface area contributed by atoms with E-state index >= 15 is 0 Å². The summed E-state index contributed by atoms with van der Waals surface area (Å²) in [7, 11) is 0. The molecule has 2 unspecified atom stereocenters. The molecule has 22 heavy (non-hydrogen) atoms. The highest BCUT2D eigenvalue weighted by Crippen LogP contribution is 2.13. The van der Waals surface area contributed by atoms with E-state index in [9.17, 15) is 9.59 Å². The van der Waals surface area contributed by atoms with E-state index in [1.807, 2.05) is 0 Å². The van der Waals surface area contributed by atoms with Crippen LogP contribution in [0.2, 0.25) is 0 Å². The molecule has 0 aromatic carbocycles. The molecular formula is C18H34O4. The second-order valence-corrected chi connectivity index (χ2v) is 6.18. The Balaban J connectivity index is 3.76. The van der Waals surface area contributed by atoms with Crippen LogP contribution in [0.1, 0.15) is 79.1 Å². The molecule has 0 saturated heterocycles. The largest absolute Gasteiger partial charge is 0.465 e. The van der Waals surface area contributed by atoms with Crippen LogP contribution >= 0.6 is 0 Å². The monoisotopic (exact) mass is 314 g/mol. The van der Waals surface area contributed by atoms with E-state index in [0.29, 0.717) is 25.0 Å². The number of ether oxygens (including phenoxy) is 2. The molecule has 0 saturated carbocycles. The fourth-order valence-corrected chi connectivity index (χ4v) is 2.27. The lowest BCUT2D eigenvalue weighted by Crippen LogP contribution is -2.16. The minimum Gasteiger partial charge on any atom is -0.465 e. The Hall–Kier alpha value is -1.06. The second-order valence-electron chi connectivity index (χ2n) is 6.18. The molecule has 0 aromatic heterocycles. The van der Waals surface area contributed by atoms with E-state index in [-0.39, 0.29) is 24.8 Å². The zero-order valence-electron chi connectivity index (χ0n) is 14.9. The number of unbranched alkanes of at least 4 members (excludes halogenated alkanes) is 1. The Morgan fingerprint density at radius 2 is 1.45 bits per heavy atom. The first-order valence-electron chi connectivity index (χ1n) is 8.84. The lowest BCUT2D eigenvalue weighted by Gasteiger charge is -2.14. The van der Waals surface area contributed by atoms with Gasteiger partial charge in [0.05, 0.1) is 26.1 Å². The molecule has 0 rings (SSSR count). The summed E-state index contributed by atoms with van der Waals surface area (Å²) in [4.78, 5) is 23.2. The summed E-state index contributed by atoms with van der Waals surface area (Å²) in [5, 5.41) is 0. The first-order chi connectivity index (χ1) is 10.5. The van der Waals surface area contributed by atoms with Crippen molar-refractivity contribution in [2.45, 2.75) is 79.1 Å². The molecule has 2 atom stereocenters. The molecule has 0 aliphatic heterocycles. The summed E-state index contributed by atoms with van der Waals surface area (Å²) in [6.45, 7) is 9.36. The molecule has 0 aliphatic carbocycles. The van der Waals surface area contributed by atoms with Crippen molar-refractivity contribution >= 4 is 11.9 Å². The summed E-state index contributed by atoms with van der Waals surface area (Å²) in [5.74, 6) is 0.210. The van der Waals surface area contributed by atoms with Crippen LogP contribution in [0.3, 0.4) is 0 Å². The predicted octanol–water partition coefficient (Wildman–Crippen LogP) is 4.51. The van der Waals surface area contributed by atoms with Gasteiger partial charge >= 0.3 is 11.9 Å². The highest BCUT2D eigenvalue weighted by atomic mass is 16.5. The van der Waals surface area contributed by atoms with E-state index in [1.165, 1.54) is 6.42 Å². The topological polar surface area (TPSA) is 52.6 Å². The third kappa shape index (κ3) is 11.6. The van der Waals surface area contributed by atoms with Crippen molar-refractivity contribution in [1.82, 2.24) is 0 Å². The van der Waals surface area contributed by atoms with Gasteiger partial charge in [0.1, 0.15) is 0 Å². The lowest BCUT2D eigenvalue weighted by atomic mass is 10.0. The maximum atomic E-state index is 11.7. The Morgan fingerprint density at radius 3 is 1.95 bits per heavy atom. The minimum atomic E-state index is -0.307. The molecule has 0 aromatic rings. The molecular weight excluding hydrogens is 280 g/mol. The number of esters is 2. The van der Waals surface area contributed by atoms with Crippen LogP contribution in [0.4, 0.5) is 0 Å². The number of hydrogen-bond acceptors (Lipinski definition) is 4. The lowest BCUT2D eigenvalue weighted by molar-refractivity contribution is -0.151. The third-order valence-corrected chi connectivity index (χ3v) is 3.87. The SMILES string of the molecule is CCCCC(CC)COC(=O)CCC(=O)OCC(C)CCC. The number of rotatable bonds is 13. The highest BCUT2D eigenvalue weighted by molar-refractivity contribution is 5.77. The van der Waals surface area contributed by atoms with Crippen molar-refractivity contribution in [2.24, 2.45) is 11.8 Å². The maximum absolute atomic E-state index is 11.7. The molecule has 0 heterocycles. The Morgan fingerprint density at radius 1 is 0.864 bits per heavy atom. The van der Waals surface area contributed by atoms with Crippen LogP contribution in [0.5, 0.6) is 0 Å². The second kappa shape index (κ2) is 13.6. The van der Waals surface area contributed by atoms with E-state index in [0.717, 1.165) is 32.1 Å². The van der Waals surface area contributed by atoms with Crippen molar-refractivity contribution in [1.29, 1.82) is 0 Å². The van der Waals surface area contributed by atoms with Gasteiger partial charge in [-0.2, -0.15) is 0 Å². The first kappa shape index (κ1) is 20.9. The summed E-state index contributed by atoms with van der Waals surface area (Å²) >= 11 is 0. The Bertz CT molecular complexity index is 301. The fourth-order valence-electron chi connectivity index (χ4n) is 2.27. The normalized spacial score (nSPS) is 13.5. The van der Waals surface area contributed by atoms with Gasteiger partial charge in [0.15, 0.2) is 0 Å². The molecule has 4 nitrogen and oxygen atoms in total. The zero-order chi connectivity index (χ0) is 16.8. The number of carbonyl (C=O) groups is 2. The van der Waals surface area contributed by atoms with Crippen LogP contribution in [0, 0.1) is 11.8 Å². The van der Waals surface area contributed by atoms with Gasteiger partial charge in [0, 0.05) is 0 Å². The molecule has 0 N–H and O–H groups in total. The van der Waals surface area contributed by atoms with Crippen molar-refractivity contribution in [2.75, 3.05) is 13.2 Å². The Kier molecular flexibility index (Phi) is 12.9. The van der Waals surface area contributed by atoms with E-state index in [1.54, 1.807) is 0 Å². The van der Waals surface area contributed by atoms with Crippen molar-refractivity contribution in [3.05, 3.63) is 0 Å². The quantitative estimate of drug-likeness (QED) is 0.469. The average molecular weight is 314 g/mol. The minimum absolute atomic E-state index is 0.115. The van der Waals surface area contributed by atoms with Gasteiger partial charge in [-0.1, -0.05) is 53.4 Å². The van der Waals surface area contributed by atoms with Crippen LogP contribution in [0.15, 0.2) is 0 Å². The summed E-state index contributed by atoms with van der Waals surface area (Å²) in [5.41, 5.74) is 0. The molecule has 0 bridgehead atoms. The van der Waals surface area contributed by atoms with Gasteiger partial charge in [-0.25, -0.2) is 0 Å². The van der Waals surface area contributed by atoms with Crippen molar-refractivity contribution in [3.63, 3.8) is 0 Å². The molecule has 4 heteroatoms. The van der Waals surface area contributed by atoms with Crippen molar-refractivity contribution in [3.8, 4) is 0 Å². The summed E-state index contributed by atoms with van der Waals surface area (Å²) < 4.78 is 10.4. The van der Waals surface area contributed by atoms with Gasteiger partial charge in [-0.15, -0.1) is 0 Å². The van der Waals surface area contributed by atoms with Crippen LogP contribution in [0.25, 0.3) is 0 Å². The Labute approximate surface area is 135 Å². The van der Waals surface area contributed by atoms with Gasteiger partial charge in [-0.3, -0.25) is 9.59 Å². The van der Waals surface area contributed by atoms with E-state index < -0.39 is 0 Å². The first-order valence-corrected chi connectivity index (χ1v) is 8.84. The van der Waals surface area contributed by atoms with Crippen LogP contribution < -0.4 is 0 Å². The molecule has 130 valence electrons. The third-order valence-electron chi connectivity index (χ3n) is 3.87. The van der Waals surface area contributed by atoms with Gasteiger partial charge in [0.2, 0.25) is 0 Å². The van der Waals surface area contributed by atoms with E-state index in [4.69, 9.17) is 9.47 Å². The zero-order valence-corrected chi connectivity index (χ0v) is 14.9. The molecule has 0 aliphatic rings. The van der Waals surface area contributed by atoms with Crippen molar-refractivity contribution < 1.29 is 19.1 Å².